The first-order valence-electron chi connectivity index (χ1n) is 10.0. The number of benzene rings is 2. The van der Waals surface area contributed by atoms with Crippen LogP contribution in [0.3, 0.4) is 0 Å². The minimum atomic E-state index is -4.71. The Labute approximate surface area is 194 Å². The fourth-order valence-electron chi connectivity index (χ4n) is 2.98. The van der Waals surface area contributed by atoms with Crippen LogP contribution in [0.1, 0.15) is 22.4 Å². The van der Waals surface area contributed by atoms with Crippen LogP contribution in [0.2, 0.25) is 0 Å². The molecular weight excluding hydrogens is 451 g/mol. The second-order valence-corrected chi connectivity index (χ2v) is 7.11. The van der Waals surface area contributed by atoms with Gasteiger partial charge in [-0.3, -0.25) is 0 Å². The Morgan fingerprint density at radius 2 is 1.76 bits per heavy atom. The van der Waals surface area contributed by atoms with Crippen LogP contribution in [0.25, 0.3) is 5.57 Å². The first-order chi connectivity index (χ1) is 16.2. The maximum Gasteiger partial charge on any atom is 0.433 e. The number of alkyl halides is 3. The number of nitrogens with one attached hydrogen (secondary N) is 1. The summed E-state index contributed by atoms with van der Waals surface area (Å²) in [5.74, 6) is -1.20. The quantitative estimate of drug-likeness (QED) is 0.271. The van der Waals surface area contributed by atoms with Crippen molar-refractivity contribution in [2.24, 2.45) is 0 Å². The molecule has 1 N–H and O–H groups in total. The van der Waals surface area contributed by atoms with E-state index in [1.165, 1.54) is 20.5 Å². The molecule has 7 nitrogen and oxygen atoms in total. The Morgan fingerprint density at radius 1 is 1.06 bits per heavy atom. The third-order valence-electron chi connectivity index (χ3n) is 4.62. The van der Waals surface area contributed by atoms with Gasteiger partial charge in [-0.05, 0) is 30.2 Å². The van der Waals surface area contributed by atoms with Gasteiger partial charge in [0.1, 0.15) is 12.2 Å². The lowest BCUT2D eigenvalue weighted by atomic mass is 10.0. The number of ether oxygens (including phenoxy) is 3. The average molecular weight is 473 g/mol. The number of hydrogen-bond donors (Lipinski definition) is 1. The maximum absolute atomic E-state index is 13.4. The number of hydrogen-bond acceptors (Lipinski definition) is 7. The molecule has 1 heterocycles. The van der Waals surface area contributed by atoms with Crippen molar-refractivity contribution in [3.05, 3.63) is 83.2 Å². The normalized spacial score (nSPS) is 11.6. The monoisotopic (exact) mass is 473 g/mol. The SMILES string of the molecule is CO/C=C(/C(=O)OC)c1ccccc1COc1cc(C(F)(F)F)nc(Nc2ccc(C)cc2)n1. The van der Waals surface area contributed by atoms with E-state index in [0.717, 1.165) is 11.6 Å². The molecule has 0 aliphatic rings. The standard InChI is InChI=1S/C24H22F3N3O4/c1-15-8-10-17(11-9-15)28-23-29-20(24(25,26)27)12-21(30-23)34-13-16-6-4-5-7-18(16)19(14-32-2)22(31)33-3/h4-12,14H,13H2,1-3H3,(H,28,29,30)/b19-14+. The molecule has 0 aliphatic heterocycles. The molecule has 0 fully saturated rings. The molecule has 0 saturated heterocycles. The smallest absolute Gasteiger partial charge is 0.433 e. The van der Waals surface area contributed by atoms with Crippen LogP contribution in [-0.2, 0) is 27.1 Å². The maximum atomic E-state index is 13.4. The van der Waals surface area contributed by atoms with E-state index in [0.29, 0.717) is 16.8 Å². The molecule has 0 bridgehead atoms. The van der Waals surface area contributed by atoms with Crippen molar-refractivity contribution in [3.63, 3.8) is 0 Å². The van der Waals surface area contributed by atoms with Gasteiger partial charge in [-0.1, -0.05) is 42.0 Å². The number of carbonyl (C=O) groups is 1. The van der Waals surface area contributed by atoms with Gasteiger partial charge in [-0.25, -0.2) is 9.78 Å². The van der Waals surface area contributed by atoms with Gasteiger partial charge in [0.05, 0.1) is 20.5 Å². The second-order valence-electron chi connectivity index (χ2n) is 7.11. The van der Waals surface area contributed by atoms with Crippen molar-refractivity contribution in [1.82, 2.24) is 9.97 Å². The zero-order chi connectivity index (χ0) is 24.7. The van der Waals surface area contributed by atoms with Gasteiger partial charge in [0, 0.05) is 11.8 Å². The highest BCUT2D eigenvalue weighted by atomic mass is 19.4. The molecule has 1 aromatic heterocycles. The molecule has 3 rings (SSSR count). The van der Waals surface area contributed by atoms with Crippen molar-refractivity contribution >= 4 is 23.2 Å². The summed E-state index contributed by atoms with van der Waals surface area (Å²) in [4.78, 5) is 19.8. The van der Waals surface area contributed by atoms with E-state index in [1.807, 2.05) is 6.92 Å². The summed E-state index contributed by atoms with van der Waals surface area (Å²) in [5.41, 5.74) is 1.44. The van der Waals surface area contributed by atoms with Crippen molar-refractivity contribution in [1.29, 1.82) is 0 Å². The summed E-state index contributed by atoms with van der Waals surface area (Å²) in [5, 5.41) is 2.76. The fourth-order valence-corrected chi connectivity index (χ4v) is 2.98. The van der Waals surface area contributed by atoms with Crippen LogP contribution < -0.4 is 10.1 Å². The molecule has 3 aromatic rings. The van der Waals surface area contributed by atoms with Gasteiger partial charge in [0.2, 0.25) is 11.8 Å². The van der Waals surface area contributed by atoms with E-state index in [4.69, 9.17) is 14.2 Å². The van der Waals surface area contributed by atoms with Crippen LogP contribution in [0.5, 0.6) is 5.88 Å². The lowest BCUT2D eigenvalue weighted by molar-refractivity contribution is -0.141. The lowest BCUT2D eigenvalue weighted by Crippen LogP contribution is -2.12. The average Bonchev–Trinajstić information content (AvgIpc) is 2.82. The third kappa shape index (κ3) is 6.25. The molecule has 34 heavy (non-hydrogen) atoms. The number of esters is 1. The molecule has 0 amide bonds. The van der Waals surface area contributed by atoms with Crippen molar-refractivity contribution < 1.29 is 32.2 Å². The van der Waals surface area contributed by atoms with E-state index < -0.39 is 17.8 Å². The summed E-state index contributed by atoms with van der Waals surface area (Å²) in [6.45, 7) is 1.72. The van der Waals surface area contributed by atoms with Crippen molar-refractivity contribution in [2.75, 3.05) is 19.5 Å². The van der Waals surface area contributed by atoms with Gasteiger partial charge < -0.3 is 19.5 Å². The van der Waals surface area contributed by atoms with E-state index in [9.17, 15) is 18.0 Å². The number of aromatic nitrogens is 2. The van der Waals surface area contributed by atoms with E-state index in [2.05, 4.69) is 15.3 Å². The molecule has 0 aliphatic carbocycles. The Kier molecular flexibility index (Phi) is 7.72. The molecule has 0 spiro atoms. The number of aryl methyl sites for hydroxylation is 1. The van der Waals surface area contributed by atoms with Gasteiger partial charge in [-0.15, -0.1) is 0 Å². The third-order valence-corrected chi connectivity index (χ3v) is 4.62. The highest BCUT2D eigenvalue weighted by Gasteiger charge is 2.34. The number of carbonyl (C=O) groups excluding carboxylic acids is 1. The summed E-state index contributed by atoms with van der Waals surface area (Å²) in [6.07, 6.45) is -3.48. The Morgan fingerprint density at radius 3 is 2.41 bits per heavy atom. The molecule has 10 heteroatoms. The molecular formula is C24H22F3N3O4. The number of methoxy groups -OCH3 is 2. The predicted molar refractivity (Wildman–Crippen MR) is 119 cm³/mol. The fraction of sp³-hybridized carbons (Fsp3) is 0.208. The number of nitrogens with zero attached hydrogens (tertiary/aromatic N) is 2. The van der Waals surface area contributed by atoms with Crippen LogP contribution >= 0.6 is 0 Å². The van der Waals surface area contributed by atoms with E-state index >= 15 is 0 Å². The molecule has 2 aromatic carbocycles. The van der Waals surface area contributed by atoms with Crippen molar-refractivity contribution in [2.45, 2.75) is 19.7 Å². The minimum Gasteiger partial charge on any atom is -0.503 e. The van der Waals surface area contributed by atoms with Crippen molar-refractivity contribution in [3.8, 4) is 5.88 Å². The zero-order valence-corrected chi connectivity index (χ0v) is 18.6. The summed E-state index contributed by atoms with van der Waals surface area (Å²) < 4.78 is 55.7. The van der Waals surface area contributed by atoms with Gasteiger partial charge >= 0.3 is 12.1 Å². The largest absolute Gasteiger partial charge is 0.503 e. The predicted octanol–water partition coefficient (Wildman–Crippen LogP) is 5.29. The topological polar surface area (TPSA) is 82.6 Å². The Balaban J connectivity index is 1.91. The molecule has 0 unspecified atom stereocenters. The van der Waals surface area contributed by atoms with Crippen LogP contribution in [0.4, 0.5) is 24.8 Å². The number of halogens is 3. The first kappa shape index (κ1) is 24.6. The van der Waals surface area contributed by atoms with E-state index in [1.54, 1.807) is 48.5 Å². The molecule has 178 valence electrons. The Hall–Kier alpha value is -4.08. The molecule has 0 saturated carbocycles. The lowest BCUT2D eigenvalue weighted by Gasteiger charge is -2.14. The highest BCUT2D eigenvalue weighted by Crippen LogP contribution is 2.31. The van der Waals surface area contributed by atoms with Gasteiger partial charge in [0.15, 0.2) is 5.69 Å². The van der Waals surface area contributed by atoms with Crippen LogP contribution in [0, 0.1) is 6.92 Å². The zero-order valence-electron chi connectivity index (χ0n) is 18.6. The number of anilines is 2. The number of rotatable bonds is 8. The summed E-state index contributed by atoms with van der Waals surface area (Å²) >= 11 is 0. The van der Waals surface area contributed by atoms with Crippen LogP contribution in [-0.4, -0.2) is 30.2 Å². The molecule has 0 atom stereocenters. The second kappa shape index (κ2) is 10.7. The minimum absolute atomic E-state index is 0.129. The van der Waals surface area contributed by atoms with E-state index in [-0.39, 0.29) is 24.0 Å². The summed E-state index contributed by atoms with van der Waals surface area (Å²) in [7, 11) is 2.61. The first-order valence-corrected chi connectivity index (χ1v) is 10.0. The van der Waals surface area contributed by atoms with Gasteiger partial charge in [0.25, 0.3) is 0 Å². The van der Waals surface area contributed by atoms with Gasteiger partial charge in [-0.2, -0.15) is 18.2 Å². The Bertz CT molecular complexity index is 1180. The summed E-state index contributed by atoms with van der Waals surface area (Å²) in [6, 6.07) is 14.4. The molecule has 0 radical (unpaired) electrons. The highest BCUT2D eigenvalue weighted by molar-refractivity contribution is 6.16. The van der Waals surface area contributed by atoms with Crippen LogP contribution in [0.15, 0.2) is 60.9 Å².